The minimum absolute atomic E-state index is 0.0192. The van der Waals surface area contributed by atoms with Gasteiger partial charge < -0.3 is 10.5 Å². The van der Waals surface area contributed by atoms with Crippen LogP contribution >= 0.6 is 0 Å². The number of rotatable bonds is 5. The van der Waals surface area contributed by atoms with Crippen LogP contribution in [0.2, 0.25) is 0 Å². The van der Waals surface area contributed by atoms with E-state index in [1.807, 2.05) is 10.9 Å². The molecule has 38 heavy (non-hydrogen) atoms. The predicted octanol–water partition coefficient (Wildman–Crippen LogP) is 5.94. The van der Waals surface area contributed by atoms with Crippen LogP contribution in [0, 0.1) is 0 Å². The zero-order valence-corrected chi connectivity index (χ0v) is 19.4. The molecule has 1 aliphatic carbocycles. The van der Waals surface area contributed by atoms with Crippen molar-refractivity contribution in [2.45, 2.75) is 31.7 Å². The third kappa shape index (κ3) is 4.11. The highest BCUT2D eigenvalue weighted by molar-refractivity contribution is 5.98. The van der Waals surface area contributed by atoms with Gasteiger partial charge in [0.05, 0.1) is 33.9 Å². The molecule has 0 saturated heterocycles. The number of hydrogen-bond donors (Lipinski definition) is 1. The van der Waals surface area contributed by atoms with Crippen molar-refractivity contribution in [2.75, 3.05) is 5.73 Å². The number of fused-ring (bicyclic) bond motifs is 2. The van der Waals surface area contributed by atoms with Crippen molar-refractivity contribution >= 4 is 27.6 Å². The van der Waals surface area contributed by atoms with Crippen molar-refractivity contribution in [1.82, 2.24) is 19.3 Å². The molecular weight excluding hydrogens is 509 g/mol. The van der Waals surface area contributed by atoms with Gasteiger partial charge in [0.25, 0.3) is 5.56 Å². The van der Waals surface area contributed by atoms with Crippen LogP contribution in [0.5, 0.6) is 5.75 Å². The maximum Gasteiger partial charge on any atom is 0.417 e. The van der Waals surface area contributed by atoms with E-state index >= 15 is 0 Å². The molecule has 1 saturated carbocycles. The van der Waals surface area contributed by atoms with Gasteiger partial charge in [-0.3, -0.25) is 19.0 Å². The van der Waals surface area contributed by atoms with Gasteiger partial charge in [0.2, 0.25) is 0 Å². The van der Waals surface area contributed by atoms with E-state index in [0.717, 1.165) is 34.4 Å². The number of nitrogens with zero attached hydrogens (tertiary/aromatic N) is 4. The number of anilines is 1. The molecule has 194 valence electrons. The van der Waals surface area contributed by atoms with Gasteiger partial charge >= 0.3 is 12.8 Å². The van der Waals surface area contributed by atoms with Gasteiger partial charge in [-0.1, -0.05) is 6.07 Å². The first-order chi connectivity index (χ1) is 18.1. The molecule has 2 aromatic carbocycles. The van der Waals surface area contributed by atoms with Crippen molar-refractivity contribution < 1.29 is 26.7 Å². The third-order valence-corrected chi connectivity index (χ3v) is 6.43. The molecular formula is C26H18F5N5O2. The highest BCUT2D eigenvalue weighted by Gasteiger charge is 2.32. The van der Waals surface area contributed by atoms with Gasteiger partial charge in [0.1, 0.15) is 11.3 Å². The second-order valence-corrected chi connectivity index (χ2v) is 9.01. The molecule has 0 atom stereocenters. The average Bonchev–Trinajstić information content (AvgIpc) is 3.63. The molecule has 0 amide bonds. The molecule has 0 spiro atoms. The van der Waals surface area contributed by atoms with Crippen molar-refractivity contribution in [3.05, 3.63) is 76.8 Å². The molecule has 0 unspecified atom stereocenters. The van der Waals surface area contributed by atoms with E-state index in [1.54, 1.807) is 18.2 Å². The Morgan fingerprint density at radius 2 is 1.79 bits per heavy atom. The summed E-state index contributed by atoms with van der Waals surface area (Å²) in [7, 11) is 0. The number of nitrogens with two attached hydrogens (primary N) is 1. The summed E-state index contributed by atoms with van der Waals surface area (Å²) in [4.78, 5) is 17.9. The number of hydrogen-bond acceptors (Lipinski definition) is 5. The molecule has 0 radical (unpaired) electrons. The zero-order valence-electron chi connectivity index (χ0n) is 19.4. The lowest BCUT2D eigenvalue weighted by atomic mass is 10.0. The van der Waals surface area contributed by atoms with Crippen LogP contribution in [-0.2, 0) is 6.18 Å². The van der Waals surface area contributed by atoms with Crippen LogP contribution in [0.25, 0.3) is 38.8 Å². The maximum atomic E-state index is 13.9. The minimum atomic E-state index is -4.72. The average molecular weight is 527 g/mol. The Hall–Kier alpha value is -4.48. The summed E-state index contributed by atoms with van der Waals surface area (Å²) in [6.07, 6.45) is -0.120. The zero-order chi connectivity index (χ0) is 26.8. The molecule has 5 aromatic rings. The number of benzene rings is 2. The van der Waals surface area contributed by atoms with E-state index in [9.17, 15) is 26.7 Å². The summed E-state index contributed by atoms with van der Waals surface area (Å²) in [6.45, 7) is -3.06. The highest BCUT2D eigenvalue weighted by Crippen LogP contribution is 2.37. The molecule has 12 heteroatoms. The van der Waals surface area contributed by atoms with E-state index in [1.165, 1.54) is 24.3 Å². The highest BCUT2D eigenvalue weighted by atomic mass is 19.4. The molecule has 2 N–H and O–H groups in total. The summed E-state index contributed by atoms with van der Waals surface area (Å²) in [5, 5.41) is 5.32. The van der Waals surface area contributed by atoms with Crippen LogP contribution in [0.1, 0.15) is 24.4 Å². The molecule has 1 fully saturated rings. The summed E-state index contributed by atoms with van der Waals surface area (Å²) < 4.78 is 73.1. The monoisotopic (exact) mass is 527 g/mol. The number of nitrogen functional groups attached to an aromatic ring is 1. The Morgan fingerprint density at radius 1 is 1.05 bits per heavy atom. The lowest BCUT2D eigenvalue weighted by Crippen LogP contribution is -2.23. The van der Waals surface area contributed by atoms with E-state index in [4.69, 9.17) is 5.73 Å². The topological polar surface area (TPSA) is 88.0 Å². The van der Waals surface area contributed by atoms with Gasteiger partial charge in [-0.05, 0) is 60.9 Å². The number of pyridine rings is 2. The fourth-order valence-electron chi connectivity index (χ4n) is 4.48. The number of alkyl halides is 5. The fourth-order valence-corrected chi connectivity index (χ4v) is 4.48. The second-order valence-electron chi connectivity index (χ2n) is 9.01. The summed E-state index contributed by atoms with van der Waals surface area (Å²) in [5.41, 5.74) is 5.62. The Morgan fingerprint density at radius 3 is 2.45 bits per heavy atom. The van der Waals surface area contributed by atoms with Crippen molar-refractivity contribution in [3.63, 3.8) is 0 Å². The Balaban J connectivity index is 1.60. The fraction of sp³-hybridized carbons (Fsp3) is 0.192. The summed E-state index contributed by atoms with van der Waals surface area (Å²) in [6, 6.07) is 11.3. The van der Waals surface area contributed by atoms with Gasteiger partial charge in [0, 0.05) is 23.5 Å². The number of ether oxygens (including phenoxy) is 1. The van der Waals surface area contributed by atoms with E-state index in [2.05, 4.69) is 14.8 Å². The molecule has 3 heterocycles. The lowest BCUT2D eigenvalue weighted by Gasteiger charge is -2.17. The Kier molecular flexibility index (Phi) is 5.37. The quantitative estimate of drug-likeness (QED) is 0.286. The number of aromatic nitrogens is 4. The molecule has 0 bridgehead atoms. The molecule has 0 aliphatic heterocycles. The Bertz CT molecular complexity index is 1760. The molecule has 6 rings (SSSR count). The van der Waals surface area contributed by atoms with Crippen LogP contribution in [0.15, 0.2) is 65.7 Å². The van der Waals surface area contributed by atoms with Crippen LogP contribution < -0.4 is 16.0 Å². The Labute approximate surface area is 210 Å². The summed E-state index contributed by atoms with van der Waals surface area (Å²) >= 11 is 0. The molecule has 7 nitrogen and oxygen atoms in total. The van der Waals surface area contributed by atoms with E-state index in [-0.39, 0.29) is 33.7 Å². The van der Waals surface area contributed by atoms with Crippen molar-refractivity contribution in [3.8, 4) is 22.6 Å². The predicted molar refractivity (Wildman–Crippen MR) is 130 cm³/mol. The second kappa shape index (κ2) is 8.54. The van der Waals surface area contributed by atoms with E-state index < -0.39 is 23.9 Å². The molecule has 3 aromatic heterocycles. The van der Waals surface area contributed by atoms with Crippen LogP contribution in [-0.4, -0.2) is 25.9 Å². The SMILES string of the molecule is Nc1c(-c2ccc3nn(C4CC4)cc3c2)c(=O)n(-c2ccc(OC(F)F)cc2)c2cc(C(F)(F)F)cnc12. The van der Waals surface area contributed by atoms with Gasteiger partial charge in [-0.25, -0.2) is 0 Å². The smallest absolute Gasteiger partial charge is 0.417 e. The third-order valence-electron chi connectivity index (χ3n) is 6.43. The van der Waals surface area contributed by atoms with Gasteiger partial charge in [-0.15, -0.1) is 0 Å². The first-order valence-electron chi connectivity index (χ1n) is 11.6. The standard InChI is InChI=1S/C26H18F5N5O2/c27-25(28)38-18-6-4-17(5-7-18)36-20-10-15(26(29,30)31)11-33-23(20)22(32)21(24(36)37)13-1-8-19-14(9-13)12-35(34-19)16-2-3-16/h1,4-12,16,25H,2-3,32H2. The largest absolute Gasteiger partial charge is 0.435 e. The number of halogens is 5. The van der Waals surface area contributed by atoms with E-state index in [0.29, 0.717) is 17.8 Å². The van der Waals surface area contributed by atoms with Crippen molar-refractivity contribution in [1.29, 1.82) is 0 Å². The van der Waals surface area contributed by atoms with Gasteiger partial charge in [-0.2, -0.15) is 27.1 Å². The van der Waals surface area contributed by atoms with Crippen molar-refractivity contribution in [2.24, 2.45) is 0 Å². The molecule has 1 aliphatic rings. The lowest BCUT2D eigenvalue weighted by molar-refractivity contribution is -0.137. The minimum Gasteiger partial charge on any atom is -0.435 e. The first kappa shape index (κ1) is 23.9. The van der Waals surface area contributed by atoms with Crippen LogP contribution in [0.4, 0.5) is 27.6 Å². The first-order valence-corrected chi connectivity index (χ1v) is 11.6. The summed E-state index contributed by atoms with van der Waals surface area (Å²) in [5.74, 6) is -0.177. The van der Waals surface area contributed by atoms with Gasteiger partial charge in [0.15, 0.2) is 0 Å². The maximum absolute atomic E-state index is 13.9. The van der Waals surface area contributed by atoms with Crippen LogP contribution in [0.3, 0.4) is 0 Å². The normalized spacial score (nSPS) is 14.1.